The molecule has 5 heteroatoms. The van der Waals surface area contributed by atoms with Crippen LogP contribution >= 0.6 is 0 Å². The van der Waals surface area contributed by atoms with Crippen molar-refractivity contribution in [2.75, 3.05) is 20.3 Å². The van der Waals surface area contributed by atoms with E-state index in [9.17, 15) is 5.11 Å². The van der Waals surface area contributed by atoms with E-state index in [1.807, 2.05) is 30.3 Å². The number of methoxy groups -OCH3 is 1. The van der Waals surface area contributed by atoms with Gasteiger partial charge in [0, 0.05) is 37.1 Å². The third kappa shape index (κ3) is 3.81. The Balaban J connectivity index is 2.07. The molecule has 0 radical (unpaired) electrons. The van der Waals surface area contributed by atoms with Crippen molar-refractivity contribution in [1.29, 1.82) is 0 Å². The molecule has 0 saturated carbocycles. The number of hydrogen-bond acceptors (Lipinski definition) is 4. The highest BCUT2D eigenvalue weighted by atomic mass is 16.5. The third-order valence-corrected chi connectivity index (χ3v) is 2.96. The summed E-state index contributed by atoms with van der Waals surface area (Å²) in [6, 6.07) is 9.87. The highest BCUT2D eigenvalue weighted by Crippen LogP contribution is 2.19. The number of aromatic amines is 1. The van der Waals surface area contributed by atoms with Crippen molar-refractivity contribution in [1.82, 2.24) is 15.1 Å². The van der Waals surface area contributed by atoms with Gasteiger partial charge in [-0.05, 0) is 12.1 Å². The molecule has 0 aliphatic heterocycles. The average Bonchev–Trinajstić information content (AvgIpc) is 2.92. The summed E-state index contributed by atoms with van der Waals surface area (Å²) in [5.41, 5.74) is 2.14. The van der Waals surface area contributed by atoms with Crippen LogP contribution in [0.15, 0.2) is 36.5 Å². The summed E-state index contributed by atoms with van der Waals surface area (Å²) in [7, 11) is 1.67. The molecule has 0 saturated heterocycles. The first-order valence-electron chi connectivity index (χ1n) is 6.27. The lowest BCUT2D eigenvalue weighted by Gasteiger charge is -2.21. The molecule has 2 N–H and O–H groups in total. The standard InChI is InChI=1S/C14H19N3O2/c1-19-14-5-3-2-4-12(14)10-17(8-9-18)11-13-6-7-15-16-13/h2-7,18H,8-11H2,1H3,(H,15,16). The Bertz CT molecular complexity index is 485. The van der Waals surface area contributed by atoms with Gasteiger partial charge in [-0.1, -0.05) is 18.2 Å². The normalized spacial score (nSPS) is 10.9. The summed E-state index contributed by atoms with van der Waals surface area (Å²) in [6.07, 6.45) is 1.73. The van der Waals surface area contributed by atoms with E-state index in [4.69, 9.17) is 4.74 Å². The van der Waals surface area contributed by atoms with Crippen molar-refractivity contribution in [3.05, 3.63) is 47.8 Å². The van der Waals surface area contributed by atoms with Crippen LogP contribution in [0.5, 0.6) is 5.75 Å². The number of benzene rings is 1. The summed E-state index contributed by atoms with van der Waals surface area (Å²) >= 11 is 0. The molecule has 1 aromatic carbocycles. The lowest BCUT2D eigenvalue weighted by atomic mass is 10.2. The zero-order valence-corrected chi connectivity index (χ0v) is 11.0. The Labute approximate surface area is 112 Å². The topological polar surface area (TPSA) is 61.4 Å². The summed E-state index contributed by atoms with van der Waals surface area (Å²) in [4.78, 5) is 2.14. The fourth-order valence-corrected chi connectivity index (χ4v) is 2.04. The smallest absolute Gasteiger partial charge is 0.123 e. The Morgan fingerprint density at radius 1 is 1.26 bits per heavy atom. The maximum Gasteiger partial charge on any atom is 0.123 e. The van der Waals surface area contributed by atoms with E-state index in [2.05, 4.69) is 15.1 Å². The molecule has 1 heterocycles. The van der Waals surface area contributed by atoms with Crippen LogP contribution in [0.1, 0.15) is 11.3 Å². The van der Waals surface area contributed by atoms with Crippen molar-refractivity contribution in [2.24, 2.45) is 0 Å². The minimum atomic E-state index is 0.128. The Hall–Kier alpha value is -1.85. The van der Waals surface area contributed by atoms with Crippen LogP contribution in [-0.2, 0) is 13.1 Å². The van der Waals surface area contributed by atoms with Gasteiger partial charge in [0.05, 0.1) is 13.7 Å². The van der Waals surface area contributed by atoms with E-state index >= 15 is 0 Å². The third-order valence-electron chi connectivity index (χ3n) is 2.96. The van der Waals surface area contributed by atoms with Gasteiger partial charge in [-0.3, -0.25) is 10.00 Å². The fourth-order valence-electron chi connectivity index (χ4n) is 2.04. The maximum absolute atomic E-state index is 9.17. The van der Waals surface area contributed by atoms with Crippen molar-refractivity contribution < 1.29 is 9.84 Å². The van der Waals surface area contributed by atoms with E-state index in [-0.39, 0.29) is 6.61 Å². The first-order valence-corrected chi connectivity index (χ1v) is 6.27. The predicted molar refractivity (Wildman–Crippen MR) is 72.8 cm³/mol. The number of ether oxygens (including phenoxy) is 1. The average molecular weight is 261 g/mol. The molecule has 0 spiro atoms. The van der Waals surface area contributed by atoms with Crippen LogP contribution in [0.3, 0.4) is 0 Å². The molecular weight excluding hydrogens is 242 g/mol. The summed E-state index contributed by atoms with van der Waals surface area (Å²) in [5.74, 6) is 0.870. The van der Waals surface area contributed by atoms with E-state index in [0.717, 1.165) is 30.1 Å². The summed E-state index contributed by atoms with van der Waals surface area (Å²) in [6.45, 7) is 2.18. The molecule has 0 aliphatic rings. The quantitative estimate of drug-likeness (QED) is 0.791. The number of aliphatic hydroxyl groups excluding tert-OH is 1. The fraction of sp³-hybridized carbons (Fsp3) is 0.357. The van der Waals surface area contributed by atoms with Crippen LogP contribution in [0.2, 0.25) is 0 Å². The Kier molecular flexibility index (Phi) is 4.94. The largest absolute Gasteiger partial charge is 0.496 e. The molecule has 0 aliphatic carbocycles. The van der Waals surface area contributed by atoms with Crippen LogP contribution in [-0.4, -0.2) is 40.5 Å². The number of H-pyrrole nitrogens is 1. The molecule has 0 atom stereocenters. The Morgan fingerprint density at radius 2 is 2.11 bits per heavy atom. The van der Waals surface area contributed by atoms with E-state index in [1.54, 1.807) is 13.3 Å². The van der Waals surface area contributed by atoms with Gasteiger partial charge in [-0.2, -0.15) is 5.10 Å². The van der Waals surface area contributed by atoms with Crippen molar-refractivity contribution in [3.8, 4) is 5.75 Å². The van der Waals surface area contributed by atoms with Gasteiger partial charge >= 0.3 is 0 Å². The molecule has 0 bridgehead atoms. The molecular formula is C14H19N3O2. The first-order chi connectivity index (χ1) is 9.33. The highest BCUT2D eigenvalue weighted by molar-refractivity contribution is 5.33. The number of aliphatic hydroxyl groups is 1. The van der Waals surface area contributed by atoms with Gasteiger partial charge in [-0.15, -0.1) is 0 Å². The molecule has 0 amide bonds. The molecule has 102 valence electrons. The summed E-state index contributed by atoms with van der Waals surface area (Å²) in [5, 5.41) is 16.0. The van der Waals surface area contributed by atoms with E-state index < -0.39 is 0 Å². The molecule has 5 nitrogen and oxygen atoms in total. The molecule has 19 heavy (non-hydrogen) atoms. The van der Waals surface area contributed by atoms with Crippen molar-refractivity contribution >= 4 is 0 Å². The van der Waals surface area contributed by atoms with E-state index in [0.29, 0.717) is 6.54 Å². The van der Waals surface area contributed by atoms with Crippen molar-refractivity contribution in [2.45, 2.75) is 13.1 Å². The van der Waals surface area contributed by atoms with Gasteiger partial charge < -0.3 is 9.84 Å². The number of nitrogens with zero attached hydrogens (tertiary/aromatic N) is 2. The van der Waals surface area contributed by atoms with Gasteiger partial charge in [-0.25, -0.2) is 0 Å². The second kappa shape index (κ2) is 6.92. The zero-order chi connectivity index (χ0) is 13.5. The molecule has 0 fully saturated rings. The lowest BCUT2D eigenvalue weighted by Crippen LogP contribution is -2.26. The van der Waals surface area contributed by atoms with Gasteiger partial charge in [0.2, 0.25) is 0 Å². The van der Waals surface area contributed by atoms with Crippen LogP contribution in [0.25, 0.3) is 0 Å². The monoisotopic (exact) mass is 261 g/mol. The van der Waals surface area contributed by atoms with Gasteiger partial charge in [0.25, 0.3) is 0 Å². The second-order valence-corrected chi connectivity index (χ2v) is 4.33. The van der Waals surface area contributed by atoms with Gasteiger partial charge in [0.15, 0.2) is 0 Å². The minimum Gasteiger partial charge on any atom is -0.496 e. The molecule has 0 unspecified atom stereocenters. The predicted octanol–water partition coefficient (Wildman–Crippen LogP) is 1.41. The highest BCUT2D eigenvalue weighted by Gasteiger charge is 2.10. The van der Waals surface area contributed by atoms with Crippen LogP contribution in [0.4, 0.5) is 0 Å². The summed E-state index contributed by atoms with van der Waals surface area (Å²) < 4.78 is 5.35. The number of para-hydroxylation sites is 1. The number of nitrogens with one attached hydrogen (secondary N) is 1. The zero-order valence-electron chi connectivity index (χ0n) is 11.0. The van der Waals surface area contributed by atoms with Crippen molar-refractivity contribution in [3.63, 3.8) is 0 Å². The number of rotatable bonds is 7. The maximum atomic E-state index is 9.17. The van der Waals surface area contributed by atoms with E-state index in [1.165, 1.54) is 0 Å². The molecule has 2 rings (SSSR count). The Morgan fingerprint density at radius 3 is 2.79 bits per heavy atom. The van der Waals surface area contributed by atoms with Crippen LogP contribution < -0.4 is 4.74 Å². The first kappa shape index (κ1) is 13.6. The van der Waals surface area contributed by atoms with Crippen LogP contribution in [0, 0.1) is 0 Å². The number of aromatic nitrogens is 2. The number of hydrogen-bond donors (Lipinski definition) is 2. The SMILES string of the molecule is COc1ccccc1CN(CCO)Cc1ccn[nH]1. The van der Waals surface area contributed by atoms with Gasteiger partial charge in [0.1, 0.15) is 5.75 Å². The minimum absolute atomic E-state index is 0.128. The molecule has 1 aromatic heterocycles. The second-order valence-electron chi connectivity index (χ2n) is 4.33. The lowest BCUT2D eigenvalue weighted by molar-refractivity contribution is 0.181. The molecule has 2 aromatic rings.